The number of benzene rings is 1. The van der Waals surface area contributed by atoms with Gasteiger partial charge in [0.05, 0.1) is 0 Å². The highest BCUT2D eigenvalue weighted by Crippen LogP contribution is 2.55. The van der Waals surface area contributed by atoms with Crippen LogP contribution in [-0.2, 0) is 15.6 Å². The number of hydrogen-bond acceptors (Lipinski definition) is 2. The second kappa shape index (κ2) is 8.56. The average Bonchev–Trinajstić information content (AvgIpc) is 2.66. The molecule has 0 spiro atoms. The van der Waals surface area contributed by atoms with Crippen LogP contribution in [0.4, 0.5) is 0 Å². The normalized spacial score (nSPS) is 30.6. The topological polar surface area (TPSA) is 37.3 Å². The summed E-state index contributed by atoms with van der Waals surface area (Å²) in [6, 6.07) is 6.44. The van der Waals surface area contributed by atoms with Gasteiger partial charge in [-0.25, -0.2) is 0 Å². The Hall–Kier alpha value is -1.31. The van der Waals surface area contributed by atoms with Crippen molar-refractivity contribution in [2.75, 3.05) is 0 Å². The number of hydrogen-bond donors (Lipinski definition) is 1. The Kier molecular flexibility index (Phi) is 6.72. The van der Waals surface area contributed by atoms with E-state index in [1.807, 2.05) is 6.07 Å². The van der Waals surface area contributed by atoms with Crippen molar-refractivity contribution in [3.05, 3.63) is 29.3 Å². The van der Waals surface area contributed by atoms with E-state index in [1.165, 1.54) is 31.2 Å². The van der Waals surface area contributed by atoms with Crippen LogP contribution in [0.1, 0.15) is 111 Å². The van der Waals surface area contributed by atoms with E-state index in [0.717, 1.165) is 36.7 Å². The molecule has 31 heavy (non-hydrogen) atoms. The Morgan fingerprint density at radius 3 is 2.13 bits per heavy atom. The second-order valence-electron chi connectivity index (χ2n) is 13.1. The van der Waals surface area contributed by atoms with Gasteiger partial charge in [-0.15, -0.1) is 0 Å². The SMILES string of the molecule is CC(C)C1CCC(c2ccc(O)c(C(C)(C)C)c2)(C2CCC(=O)C(C(C)(C)C)C2)CC1. The molecule has 2 nitrogen and oxygen atoms in total. The van der Waals surface area contributed by atoms with Gasteiger partial charge in [0.1, 0.15) is 11.5 Å². The quantitative estimate of drug-likeness (QED) is 0.535. The Labute approximate surface area is 191 Å². The molecule has 1 aromatic carbocycles. The van der Waals surface area contributed by atoms with Gasteiger partial charge in [0, 0.05) is 12.3 Å². The fourth-order valence-electron chi connectivity index (χ4n) is 6.56. The van der Waals surface area contributed by atoms with E-state index in [1.54, 1.807) is 0 Å². The molecular weight excluding hydrogens is 380 g/mol. The molecule has 0 bridgehead atoms. The van der Waals surface area contributed by atoms with Crippen LogP contribution in [0.15, 0.2) is 18.2 Å². The van der Waals surface area contributed by atoms with Crippen LogP contribution in [0.2, 0.25) is 0 Å². The first-order chi connectivity index (χ1) is 14.3. The molecule has 0 heterocycles. The van der Waals surface area contributed by atoms with E-state index in [2.05, 4.69) is 67.5 Å². The van der Waals surface area contributed by atoms with Gasteiger partial charge in [-0.3, -0.25) is 4.79 Å². The van der Waals surface area contributed by atoms with Crippen LogP contribution in [0, 0.1) is 29.1 Å². The first-order valence-electron chi connectivity index (χ1n) is 12.6. The number of ketones is 1. The number of rotatable bonds is 3. The molecule has 3 rings (SSSR count). The molecule has 1 N–H and O–H groups in total. The molecule has 1 aromatic rings. The number of Topliss-reactive ketones (excluding diaryl/α,β-unsaturated/α-hetero) is 1. The van der Waals surface area contributed by atoms with Crippen molar-refractivity contribution in [2.24, 2.45) is 29.1 Å². The van der Waals surface area contributed by atoms with E-state index < -0.39 is 0 Å². The summed E-state index contributed by atoms with van der Waals surface area (Å²) in [6.07, 6.45) is 7.72. The molecule has 2 heteroatoms. The third kappa shape index (κ3) is 4.88. The number of carbonyl (C=O) groups excluding carboxylic acids is 1. The van der Waals surface area contributed by atoms with Gasteiger partial charge in [0.15, 0.2) is 0 Å². The van der Waals surface area contributed by atoms with Crippen molar-refractivity contribution in [1.82, 2.24) is 0 Å². The zero-order valence-corrected chi connectivity index (χ0v) is 21.3. The monoisotopic (exact) mass is 426 g/mol. The van der Waals surface area contributed by atoms with E-state index in [4.69, 9.17) is 0 Å². The summed E-state index contributed by atoms with van der Waals surface area (Å²) < 4.78 is 0. The van der Waals surface area contributed by atoms with Crippen LogP contribution in [-0.4, -0.2) is 10.9 Å². The molecular formula is C29H46O2. The standard InChI is InChI=1S/C29H46O2/c1-19(2)20-13-15-29(16-14-20,21-9-11-25(30)23(17-21)27(3,4)5)22-10-12-26(31)24(18-22)28(6,7)8/h9,11,17,19-20,22,24,30H,10,12-16,18H2,1-8H3. The van der Waals surface area contributed by atoms with Crippen LogP contribution in [0.25, 0.3) is 0 Å². The molecule has 2 saturated carbocycles. The van der Waals surface area contributed by atoms with Gasteiger partial charge in [0.25, 0.3) is 0 Å². The van der Waals surface area contributed by atoms with Gasteiger partial charge >= 0.3 is 0 Å². The zero-order valence-electron chi connectivity index (χ0n) is 21.3. The highest BCUT2D eigenvalue weighted by atomic mass is 16.3. The fraction of sp³-hybridized carbons (Fsp3) is 0.759. The average molecular weight is 427 g/mol. The van der Waals surface area contributed by atoms with E-state index in [9.17, 15) is 9.90 Å². The lowest BCUT2D eigenvalue weighted by molar-refractivity contribution is -0.130. The van der Waals surface area contributed by atoms with Gasteiger partial charge in [-0.1, -0.05) is 67.5 Å². The van der Waals surface area contributed by atoms with Crippen LogP contribution in [0.3, 0.4) is 0 Å². The lowest BCUT2D eigenvalue weighted by Gasteiger charge is -2.51. The maximum Gasteiger partial charge on any atom is 0.136 e. The van der Waals surface area contributed by atoms with Crippen LogP contribution < -0.4 is 0 Å². The third-order valence-corrected chi connectivity index (χ3v) is 8.72. The van der Waals surface area contributed by atoms with E-state index in [0.29, 0.717) is 17.5 Å². The largest absolute Gasteiger partial charge is 0.508 e. The molecule has 0 aromatic heterocycles. The summed E-state index contributed by atoms with van der Waals surface area (Å²) in [5.41, 5.74) is 2.52. The highest BCUT2D eigenvalue weighted by Gasteiger charge is 2.48. The number of phenolic OH excluding ortho intramolecular Hbond substituents is 1. The Balaban J connectivity index is 2.05. The molecule has 2 aliphatic carbocycles. The predicted octanol–water partition coefficient (Wildman–Crippen LogP) is 7.81. The van der Waals surface area contributed by atoms with Crippen molar-refractivity contribution >= 4 is 5.78 Å². The molecule has 2 aliphatic rings. The smallest absolute Gasteiger partial charge is 0.136 e. The van der Waals surface area contributed by atoms with Crippen molar-refractivity contribution in [3.63, 3.8) is 0 Å². The number of carbonyl (C=O) groups is 1. The number of phenols is 1. The number of aromatic hydroxyl groups is 1. The minimum absolute atomic E-state index is 0.0254. The van der Waals surface area contributed by atoms with Crippen LogP contribution in [0.5, 0.6) is 5.75 Å². The molecule has 0 amide bonds. The maximum atomic E-state index is 12.8. The molecule has 0 saturated heterocycles. The van der Waals surface area contributed by atoms with Crippen molar-refractivity contribution in [2.45, 2.75) is 111 Å². The van der Waals surface area contributed by atoms with Gasteiger partial charge in [0.2, 0.25) is 0 Å². The first kappa shape index (κ1) is 24.3. The van der Waals surface area contributed by atoms with Crippen molar-refractivity contribution in [3.8, 4) is 5.75 Å². The summed E-state index contributed by atoms with van der Waals surface area (Å²) in [4.78, 5) is 12.8. The minimum atomic E-state index is -0.0904. The Bertz CT molecular complexity index is 782. The molecule has 2 atom stereocenters. The molecule has 2 unspecified atom stereocenters. The second-order valence-corrected chi connectivity index (χ2v) is 13.1. The highest BCUT2D eigenvalue weighted by molar-refractivity contribution is 5.82. The van der Waals surface area contributed by atoms with Crippen LogP contribution >= 0.6 is 0 Å². The first-order valence-corrected chi connectivity index (χ1v) is 12.6. The summed E-state index contributed by atoms with van der Waals surface area (Å²) >= 11 is 0. The van der Waals surface area contributed by atoms with Crippen molar-refractivity contribution in [1.29, 1.82) is 0 Å². The lowest BCUT2D eigenvalue weighted by Crippen LogP contribution is -2.45. The fourth-order valence-corrected chi connectivity index (χ4v) is 6.56. The Morgan fingerprint density at radius 2 is 1.61 bits per heavy atom. The molecule has 0 radical (unpaired) electrons. The van der Waals surface area contributed by atoms with Crippen molar-refractivity contribution < 1.29 is 9.90 Å². The summed E-state index contributed by atoms with van der Waals surface area (Å²) in [7, 11) is 0. The van der Waals surface area contributed by atoms with E-state index in [-0.39, 0.29) is 22.2 Å². The third-order valence-electron chi connectivity index (χ3n) is 8.72. The lowest BCUT2D eigenvalue weighted by atomic mass is 9.53. The minimum Gasteiger partial charge on any atom is -0.508 e. The molecule has 2 fully saturated rings. The summed E-state index contributed by atoms with van der Waals surface area (Å²) in [5, 5.41) is 10.6. The van der Waals surface area contributed by atoms with Gasteiger partial charge in [-0.05, 0) is 89.7 Å². The zero-order chi connectivity index (χ0) is 23.2. The summed E-state index contributed by atoms with van der Waals surface area (Å²) in [6.45, 7) is 18.0. The van der Waals surface area contributed by atoms with Gasteiger partial charge in [-0.2, -0.15) is 0 Å². The van der Waals surface area contributed by atoms with E-state index >= 15 is 0 Å². The molecule has 0 aliphatic heterocycles. The summed E-state index contributed by atoms with van der Waals surface area (Å²) in [5.74, 6) is 3.11. The molecule has 174 valence electrons. The predicted molar refractivity (Wildman–Crippen MR) is 131 cm³/mol. The maximum absolute atomic E-state index is 12.8. The van der Waals surface area contributed by atoms with Gasteiger partial charge < -0.3 is 5.11 Å². The Morgan fingerprint density at radius 1 is 1.00 bits per heavy atom.